The molecule has 0 saturated carbocycles. The zero-order valence-electron chi connectivity index (χ0n) is 9.20. The highest BCUT2D eigenvalue weighted by molar-refractivity contribution is 5.92. The maximum Gasteiger partial charge on any atom is 0.343 e. The van der Waals surface area contributed by atoms with E-state index >= 15 is 0 Å². The van der Waals surface area contributed by atoms with Gasteiger partial charge in [0.15, 0.2) is 23.0 Å². The van der Waals surface area contributed by atoms with Crippen LogP contribution in [0.1, 0.15) is 10.4 Å². The number of carbonyl (C=O) groups is 1. The molecule has 5 heteroatoms. The van der Waals surface area contributed by atoms with Gasteiger partial charge in [0.05, 0.1) is 5.56 Å². The summed E-state index contributed by atoms with van der Waals surface area (Å²) in [6.45, 7) is 0. The van der Waals surface area contributed by atoms with Crippen LogP contribution in [0.2, 0.25) is 0 Å². The number of benzene rings is 2. The summed E-state index contributed by atoms with van der Waals surface area (Å²) in [7, 11) is 0. The van der Waals surface area contributed by atoms with Crippen molar-refractivity contribution in [1.82, 2.24) is 0 Å². The first-order valence-corrected chi connectivity index (χ1v) is 5.10. The minimum absolute atomic E-state index is 0.0232. The molecule has 0 saturated heterocycles. The minimum Gasteiger partial charge on any atom is -0.504 e. The Bertz CT molecular complexity index is 592. The molecule has 3 N–H and O–H groups in total. The first-order chi connectivity index (χ1) is 8.58. The normalized spacial score (nSPS) is 10.0. The van der Waals surface area contributed by atoms with Gasteiger partial charge in [-0.2, -0.15) is 0 Å². The first-order valence-electron chi connectivity index (χ1n) is 5.10. The van der Waals surface area contributed by atoms with Crippen molar-refractivity contribution in [2.75, 3.05) is 0 Å². The number of carbonyl (C=O) groups excluding carboxylic acids is 1. The third-order valence-electron chi connectivity index (χ3n) is 2.28. The molecule has 0 aliphatic heterocycles. The van der Waals surface area contributed by atoms with Crippen molar-refractivity contribution in [3.63, 3.8) is 0 Å². The number of esters is 1. The van der Waals surface area contributed by atoms with Crippen LogP contribution in [0.25, 0.3) is 0 Å². The van der Waals surface area contributed by atoms with Crippen molar-refractivity contribution < 1.29 is 24.9 Å². The second kappa shape index (κ2) is 4.67. The van der Waals surface area contributed by atoms with Crippen LogP contribution in [0.5, 0.6) is 23.0 Å². The Morgan fingerprint density at radius 2 is 1.61 bits per heavy atom. The highest BCUT2D eigenvalue weighted by Crippen LogP contribution is 2.28. The van der Waals surface area contributed by atoms with E-state index in [9.17, 15) is 15.0 Å². The average Bonchev–Trinajstić information content (AvgIpc) is 2.35. The Morgan fingerprint density at radius 1 is 0.889 bits per heavy atom. The lowest BCUT2D eigenvalue weighted by Gasteiger charge is -2.06. The second-order valence-corrected chi connectivity index (χ2v) is 3.56. The minimum atomic E-state index is -0.744. The van der Waals surface area contributed by atoms with E-state index in [-0.39, 0.29) is 22.8 Å². The number of phenols is 3. The Morgan fingerprint density at radius 3 is 2.28 bits per heavy atom. The summed E-state index contributed by atoms with van der Waals surface area (Å²) in [5, 5.41) is 27.8. The number of rotatable bonds is 2. The SMILES string of the molecule is O=C(Oc1ccccc1O)c1ccc(O)c(O)c1. The highest BCUT2D eigenvalue weighted by atomic mass is 16.5. The Balaban J connectivity index is 2.22. The van der Waals surface area contributed by atoms with Crippen LogP contribution >= 0.6 is 0 Å². The molecule has 0 bridgehead atoms. The highest BCUT2D eigenvalue weighted by Gasteiger charge is 2.12. The first kappa shape index (κ1) is 11.8. The van der Waals surface area contributed by atoms with Crippen molar-refractivity contribution in [1.29, 1.82) is 0 Å². The van der Waals surface area contributed by atoms with E-state index in [0.29, 0.717) is 0 Å². The number of aromatic hydroxyl groups is 3. The molecular weight excluding hydrogens is 236 g/mol. The zero-order valence-corrected chi connectivity index (χ0v) is 9.20. The van der Waals surface area contributed by atoms with Crippen LogP contribution in [0.15, 0.2) is 42.5 Å². The van der Waals surface area contributed by atoms with Crippen LogP contribution in [0, 0.1) is 0 Å². The molecule has 0 unspecified atom stereocenters. The molecule has 0 fully saturated rings. The molecule has 18 heavy (non-hydrogen) atoms. The predicted molar refractivity (Wildman–Crippen MR) is 62.8 cm³/mol. The van der Waals surface area contributed by atoms with Gasteiger partial charge in [-0.15, -0.1) is 0 Å². The summed E-state index contributed by atoms with van der Waals surface area (Å²) in [4.78, 5) is 11.7. The quantitative estimate of drug-likeness (QED) is 0.428. The lowest BCUT2D eigenvalue weighted by molar-refractivity contribution is 0.0729. The lowest BCUT2D eigenvalue weighted by Crippen LogP contribution is -2.08. The Kier molecular flexibility index (Phi) is 3.05. The Hall–Kier alpha value is -2.69. The van der Waals surface area contributed by atoms with Gasteiger partial charge in [-0.05, 0) is 30.3 Å². The van der Waals surface area contributed by atoms with E-state index in [0.717, 1.165) is 6.07 Å². The molecular formula is C13H10O5. The Labute approximate surface area is 103 Å². The molecule has 2 aromatic carbocycles. The molecule has 0 spiro atoms. The maximum atomic E-state index is 11.7. The monoisotopic (exact) mass is 246 g/mol. The van der Waals surface area contributed by atoms with E-state index in [1.54, 1.807) is 12.1 Å². The third-order valence-corrected chi connectivity index (χ3v) is 2.28. The van der Waals surface area contributed by atoms with Gasteiger partial charge in [-0.1, -0.05) is 12.1 Å². The molecule has 0 radical (unpaired) electrons. The largest absolute Gasteiger partial charge is 0.504 e. The van der Waals surface area contributed by atoms with Gasteiger partial charge in [-0.25, -0.2) is 4.79 Å². The van der Waals surface area contributed by atoms with Crippen LogP contribution in [-0.4, -0.2) is 21.3 Å². The van der Waals surface area contributed by atoms with E-state index in [1.807, 2.05) is 0 Å². The van der Waals surface area contributed by atoms with Crippen LogP contribution in [0.3, 0.4) is 0 Å². The summed E-state index contributed by atoms with van der Waals surface area (Å²) in [6.07, 6.45) is 0. The van der Waals surface area contributed by atoms with Crippen molar-refractivity contribution in [2.45, 2.75) is 0 Å². The van der Waals surface area contributed by atoms with Gasteiger partial charge in [0.1, 0.15) is 0 Å². The van der Waals surface area contributed by atoms with Crippen molar-refractivity contribution in [3.8, 4) is 23.0 Å². The van der Waals surface area contributed by atoms with Crippen molar-refractivity contribution in [3.05, 3.63) is 48.0 Å². The number of para-hydroxylation sites is 2. The summed E-state index contributed by atoms with van der Waals surface area (Å²) >= 11 is 0. The van der Waals surface area contributed by atoms with Gasteiger partial charge in [-0.3, -0.25) is 0 Å². The molecule has 2 aromatic rings. The van der Waals surface area contributed by atoms with Crippen molar-refractivity contribution in [2.24, 2.45) is 0 Å². The topological polar surface area (TPSA) is 87.0 Å². The molecule has 0 amide bonds. The summed E-state index contributed by atoms with van der Waals surface area (Å²) in [6, 6.07) is 9.59. The molecule has 0 aromatic heterocycles. The predicted octanol–water partition coefficient (Wildman–Crippen LogP) is 2.02. The second-order valence-electron chi connectivity index (χ2n) is 3.56. The molecule has 2 rings (SSSR count). The molecule has 92 valence electrons. The lowest BCUT2D eigenvalue weighted by atomic mass is 10.2. The molecule has 0 atom stereocenters. The summed E-state index contributed by atoms with van der Waals surface area (Å²) in [5.74, 6) is -1.62. The number of ether oxygens (including phenoxy) is 1. The fraction of sp³-hybridized carbons (Fsp3) is 0. The van der Waals surface area contributed by atoms with E-state index < -0.39 is 11.7 Å². The molecule has 0 heterocycles. The summed E-state index contributed by atoms with van der Waals surface area (Å²) < 4.78 is 4.94. The molecule has 0 aliphatic rings. The van der Waals surface area contributed by atoms with Crippen molar-refractivity contribution >= 4 is 5.97 Å². The van der Waals surface area contributed by atoms with Gasteiger partial charge < -0.3 is 20.1 Å². The van der Waals surface area contributed by atoms with E-state index in [2.05, 4.69) is 0 Å². The van der Waals surface area contributed by atoms with Crippen LogP contribution < -0.4 is 4.74 Å². The molecule has 5 nitrogen and oxygen atoms in total. The smallest absolute Gasteiger partial charge is 0.343 e. The zero-order chi connectivity index (χ0) is 13.1. The van der Waals surface area contributed by atoms with Gasteiger partial charge >= 0.3 is 5.97 Å². The standard InChI is InChI=1S/C13H10O5/c14-9-6-5-8(7-11(9)16)13(17)18-12-4-2-1-3-10(12)15/h1-7,14-16H. The fourth-order valence-corrected chi connectivity index (χ4v) is 1.35. The number of hydrogen-bond acceptors (Lipinski definition) is 5. The van der Waals surface area contributed by atoms with Crippen LogP contribution in [0.4, 0.5) is 0 Å². The fourth-order valence-electron chi connectivity index (χ4n) is 1.35. The van der Waals surface area contributed by atoms with E-state index in [1.165, 1.54) is 24.3 Å². The summed E-state index contributed by atoms with van der Waals surface area (Å²) in [5.41, 5.74) is 0.0635. The van der Waals surface area contributed by atoms with Gasteiger partial charge in [0, 0.05) is 0 Å². The van der Waals surface area contributed by atoms with Gasteiger partial charge in [0.25, 0.3) is 0 Å². The van der Waals surface area contributed by atoms with E-state index in [4.69, 9.17) is 9.84 Å². The maximum absolute atomic E-state index is 11.7. The number of hydrogen-bond donors (Lipinski definition) is 3. The van der Waals surface area contributed by atoms with Gasteiger partial charge in [0.2, 0.25) is 0 Å². The average molecular weight is 246 g/mol. The van der Waals surface area contributed by atoms with Crippen LogP contribution in [-0.2, 0) is 0 Å². The third kappa shape index (κ3) is 2.35. The number of phenolic OH excluding ortho intramolecular Hbond substituents is 3. The molecule has 0 aliphatic carbocycles.